The number of benzene rings is 2. The van der Waals surface area contributed by atoms with Gasteiger partial charge in [0.2, 0.25) is 11.0 Å². The lowest BCUT2D eigenvalue weighted by molar-refractivity contribution is -0.111. The molecule has 1 heterocycles. The third-order valence-electron chi connectivity index (χ3n) is 3.66. The van der Waals surface area contributed by atoms with E-state index in [1.165, 1.54) is 17.4 Å². The molecule has 1 amide bonds. The van der Waals surface area contributed by atoms with Crippen LogP contribution >= 0.6 is 27.3 Å². The summed E-state index contributed by atoms with van der Waals surface area (Å²) in [5.41, 5.74) is 1.85. The third kappa shape index (κ3) is 5.40. The minimum absolute atomic E-state index is 0.282. The van der Waals surface area contributed by atoms with Crippen molar-refractivity contribution in [2.75, 3.05) is 12.4 Å². The number of aryl methyl sites for hydroxylation is 1. The molecule has 0 spiro atoms. The molecule has 8 heteroatoms. The summed E-state index contributed by atoms with van der Waals surface area (Å²) in [4.78, 5) is 12.0. The molecule has 0 aliphatic rings. The van der Waals surface area contributed by atoms with Crippen LogP contribution in [0.3, 0.4) is 0 Å². The summed E-state index contributed by atoms with van der Waals surface area (Å²) in [6.07, 6.45) is 3.12. The van der Waals surface area contributed by atoms with Gasteiger partial charge in [0.25, 0.3) is 0 Å². The van der Waals surface area contributed by atoms with Crippen LogP contribution < -0.4 is 14.8 Å². The zero-order valence-electron chi connectivity index (χ0n) is 15.3. The van der Waals surface area contributed by atoms with Crippen LogP contribution in [0.4, 0.5) is 5.13 Å². The number of rotatable bonds is 7. The van der Waals surface area contributed by atoms with Crippen molar-refractivity contribution in [3.8, 4) is 11.5 Å². The Balaban J connectivity index is 1.70. The molecule has 1 N–H and O–H groups in total. The van der Waals surface area contributed by atoms with Crippen LogP contribution in [0.1, 0.15) is 16.1 Å². The molecule has 6 nitrogen and oxygen atoms in total. The number of hydrogen-bond donors (Lipinski definition) is 1. The first kappa shape index (κ1) is 20.0. The highest BCUT2D eigenvalue weighted by Gasteiger charge is 2.11. The number of hydrogen-bond acceptors (Lipinski definition) is 6. The van der Waals surface area contributed by atoms with Gasteiger partial charge in [0.05, 0.1) is 11.6 Å². The largest absolute Gasteiger partial charge is 0.493 e. The average molecular weight is 460 g/mol. The molecule has 0 saturated carbocycles. The second kappa shape index (κ2) is 9.48. The molecule has 0 saturated heterocycles. The number of carbonyl (C=O) groups excluding carboxylic acids is 1. The minimum Gasteiger partial charge on any atom is -0.493 e. The fourth-order valence-electron chi connectivity index (χ4n) is 2.37. The summed E-state index contributed by atoms with van der Waals surface area (Å²) in [5, 5.41) is 11.7. The lowest BCUT2D eigenvalue weighted by Gasteiger charge is -2.13. The second-order valence-corrected chi connectivity index (χ2v) is 7.79. The number of aromatic nitrogens is 2. The van der Waals surface area contributed by atoms with Gasteiger partial charge in [-0.1, -0.05) is 41.7 Å². The van der Waals surface area contributed by atoms with E-state index in [9.17, 15) is 4.79 Å². The van der Waals surface area contributed by atoms with Crippen LogP contribution in [0.25, 0.3) is 6.08 Å². The molecular formula is C20H18BrN3O3S. The number of methoxy groups -OCH3 is 1. The van der Waals surface area contributed by atoms with Gasteiger partial charge >= 0.3 is 0 Å². The molecule has 1 aromatic heterocycles. The normalized spacial score (nSPS) is 10.8. The summed E-state index contributed by atoms with van der Waals surface area (Å²) in [6, 6.07) is 13.6. The first-order valence-corrected chi connectivity index (χ1v) is 9.99. The molecule has 3 aromatic rings. The fourth-order valence-corrected chi connectivity index (χ4v) is 3.54. The molecule has 3 rings (SSSR count). The van der Waals surface area contributed by atoms with Gasteiger partial charge in [-0.25, -0.2) is 0 Å². The predicted octanol–water partition coefficient (Wildman–Crippen LogP) is 4.85. The maximum atomic E-state index is 12.0. The van der Waals surface area contributed by atoms with Gasteiger partial charge < -0.3 is 9.47 Å². The van der Waals surface area contributed by atoms with E-state index in [2.05, 4.69) is 31.4 Å². The van der Waals surface area contributed by atoms with Gasteiger partial charge in [-0.3, -0.25) is 10.1 Å². The van der Waals surface area contributed by atoms with E-state index in [0.29, 0.717) is 23.2 Å². The number of carbonyl (C=O) groups is 1. The first-order chi connectivity index (χ1) is 13.5. The quantitative estimate of drug-likeness (QED) is 0.511. The van der Waals surface area contributed by atoms with Crippen molar-refractivity contribution < 1.29 is 14.3 Å². The van der Waals surface area contributed by atoms with Gasteiger partial charge in [0.1, 0.15) is 11.6 Å². The Morgan fingerprint density at radius 1 is 1.25 bits per heavy atom. The molecule has 0 unspecified atom stereocenters. The lowest BCUT2D eigenvalue weighted by atomic mass is 10.2. The highest BCUT2D eigenvalue weighted by Crippen LogP contribution is 2.37. The van der Waals surface area contributed by atoms with Crippen LogP contribution in [-0.2, 0) is 11.4 Å². The number of nitrogens with one attached hydrogen (secondary N) is 1. The van der Waals surface area contributed by atoms with Gasteiger partial charge in [-0.2, -0.15) is 0 Å². The number of anilines is 1. The molecule has 0 radical (unpaired) electrons. The van der Waals surface area contributed by atoms with Gasteiger partial charge in [-0.15, -0.1) is 10.2 Å². The molecule has 0 atom stereocenters. The molecule has 0 aliphatic carbocycles. The Labute approximate surface area is 175 Å². The maximum Gasteiger partial charge on any atom is 0.250 e. The zero-order valence-corrected chi connectivity index (χ0v) is 17.7. The molecule has 0 aliphatic heterocycles. The van der Waals surface area contributed by atoms with Crippen molar-refractivity contribution in [1.29, 1.82) is 0 Å². The van der Waals surface area contributed by atoms with E-state index in [1.807, 2.05) is 49.4 Å². The molecule has 0 bridgehead atoms. The van der Waals surface area contributed by atoms with Crippen LogP contribution in [0, 0.1) is 6.92 Å². The van der Waals surface area contributed by atoms with Crippen molar-refractivity contribution in [3.63, 3.8) is 0 Å². The Morgan fingerprint density at radius 2 is 2.04 bits per heavy atom. The smallest absolute Gasteiger partial charge is 0.250 e. The van der Waals surface area contributed by atoms with Crippen LogP contribution in [0.5, 0.6) is 11.5 Å². The summed E-state index contributed by atoms with van der Waals surface area (Å²) in [5.74, 6) is 0.901. The highest BCUT2D eigenvalue weighted by atomic mass is 79.9. The van der Waals surface area contributed by atoms with Crippen molar-refractivity contribution in [1.82, 2.24) is 10.2 Å². The van der Waals surface area contributed by atoms with E-state index < -0.39 is 0 Å². The topological polar surface area (TPSA) is 73.3 Å². The fraction of sp³-hybridized carbons (Fsp3) is 0.150. The van der Waals surface area contributed by atoms with Gasteiger partial charge in [0, 0.05) is 6.08 Å². The van der Waals surface area contributed by atoms with Crippen LogP contribution in [-0.4, -0.2) is 23.2 Å². The van der Waals surface area contributed by atoms with E-state index in [0.717, 1.165) is 20.6 Å². The SMILES string of the molecule is COc1cc(/C=C/C(=O)Nc2nnc(C)s2)cc(Br)c1OCc1ccccc1. The van der Waals surface area contributed by atoms with E-state index in [-0.39, 0.29) is 5.91 Å². The summed E-state index contributed by atoms with van der Waals surface area (Å²) in [7, 11) is 1.58. The minimum atomic E-state index is -0.282. The molecule has 0 fully saturated rings. The Hall–Kier alpha value is -2.71. The standard InChI is InChI=1S/C20H18BrN3O3S/c1-13-23-24-20(28-13)22-18(25)9-8-15-10-16(21)19(17(11-15)26-2)27-12-14-6-4-3-5-7-14/h3-11H,12H2,1-2H3,(H,22,24,25)/b9-8+. The number of halogens is 1. The van der Waals surface area contributed by atoms with Crippen molar-refractivity contribution in [2.45, 2.75) is 13.5 Å². The van der Waals surface area contributed by atoms with Crippen molar-refractivity contribution in [3.05, 3.63) is 69.1 Å². The summed E-state index contributed by atoms with van der Waals surface area (Å²) < 4.78 is 12.1. The summed E-state index contributed by atoms with van der Waals surface area (Å²) >= 11 is 4.84. The van der Waals surface area contributed by atoms with E-state index >= 15 is 0 Å². The van der Waals surface area contributed by atoms with Gasteiger partial charge in [-0.05, 0) is 52.2 Å². The van der Waals surface area contributed by atoms with Crippen LogP contribution in [0.2, 0.25) is 0 Å². The zero-order chi connectivity index (χ0) is 19.9. The number of nitrogens with zero attached hydrogens (tertiary/aromatic N) is 2. The Morgan fingerprint density at radius 3 is 2.71 bits per heavy atom. The van der Waals surface area contributed by atoms with E-state index in [1.54, 1.807) is 13.2 Å². The number of ether oxygens (including phenoxy) is 2. The monoisotopic (exact) mass is 459 g/mol. The Kier molecular flexibility index (Phi) is 6.78. The molecular weight excluding hydrogens is 442 g/mol. The second-order valence-electron chi connectivity index (χ2n) is 5.76. The summed E-state index contributed by atoms with van der Waals surface area (Å²) in [6.45, 7) is 2.25. The van der Waals surface area contributed by atoms with Crippen LogP contribution in [0.15, 0.2) is 53.0 Å². The molecule has 144 valence electrons. The third-order valence-corrected chi connectivity index (χ3v) is 5.00. The number of amides is 1. The highest BCUT2D eigenvalue weighted by molar-refractivity contribution is 9.10. The lowest BCUT2D eigenvalue weighted by Crippen LogP contribution is -2.07. The maximum absolute atomic E-state index is 12.0. The Bertz CT molecular complexity index is 990. The van der Waals surface area contributed by atoms with E-state index in [4.69, 9.17) is 9.47 Å². The van der Waals surface area contributed by atoms with Crippen molar-refractivity contribution >= 4 is 44.4 Å². The average Bonchev–Trinajstić information content (AvgIpc) is 3.10. The molecule has 28 heavy (non-hydrogen) atoms. The predicted molar refractivity (Wildman–Crippen MR) is 114 cm³/mol. The molecule has 2 aromatic carbocycles. The van der Waals surface area contributed by atoms with Crippen molar-refractivity contribution in [2.24, 2.45) is 0 Å². The first-order valence-electron chi connectivity index (χ1n) is 8.38. The van der Waals surface area contributed by atoms with Gasteiger partial charge in [0.15, 0.2) is 11.5 Å².